The number of alkyl halides is 3. The molecule has 0 fully saturated rings. The Kier molecular flexibility index (Phi) is 5.50. The van der Waals surface area contributed by atoms with Crippen LogP contribution in [0.3, 0.4) is 0 Å². The van der Waals surface area contributed by atoms with E-state index in [1.807, 2.05) is 0 Å². The summed E-state index contributed by atoms with van der Waals surface area (Å²) in [7, 11) is 0. The minimum Gasteiger partial charge on any atom is -0.394 e. The Balaban J connectivity index is 2.91. The number of hydrogen-bond donors (Lipinski definition) is 3. The second kappa shape index (κ2) is 6.51. The van der Waals surface area contributed by atoms with Gasteiger partial charge in [-0.1, -0.05) is 6.92 Å². The lowest BCUT2D eigenvalue weighted by atomic mass is 9.98. The van der Waals surface area contributed by atoms with Crippen molar-refractivity contribution in [2.45, 2.75) is 31.6 Å². The minimum absolute atomic E-state index is 0.0875. The van der Waals surface area contributed by atoms with Crippen LogP contribution >= 0.6 is 0 Å². The van der Waals surface area contributed by atoms with Crippen LogP contribution in [0.5, 0.6) is 0 Å². The lowest BCUT2D eigenvalue weighted by molar-refractivity contribution is -0.137. The van der Waals surface area contributed by atoms with E-state index in [9.17, 15) is 27.8 Å². The zero-order chi connectivity index (χ0) is 15.4. The maximum absolute atomic E-state index is 13.2. The molecule has 1 rings (SSSR count). The highest BCUT2D eigenvalue weighted by molar-refractivity contribution is 5.27. The number of nitrogens with one attached hydrogen (secondary N) is 1. The van der Waals surface area contributed by atoms with Gasteiger partial charge in [0.2, 0.25) is 0 Å². The molecule has 3 N–H and O–H groups in total. The Hall–Kier alpha value is -1.18. The molecule has 7 heteroatoms. The highest BCUT2D eigenvalue weighted by Gasteiger charge is 2.31. The summed E-state index contributed by atoms with van der Waals surface area (Å²) < 4.78 is 50.9. The van der Waals surface area contributed by atoms with Crippen molar-refractivity contribution in [2.75, 3.05) is 13.2 Å². The molecule has 0 radical (unpaired) electrons. The maximum Gasteiger partial charge on any atom is 0.416 e. The van der Waals surface area contributed by atoms with Gasteiger partial charge in [-0.05, 0) is 30.2 Å². The fraction of sp³-hybridized carbons (Fsp3) is 0.538. The van der Waals surface area contributed by atoms with Crippen LogP contribution in [-0.4, -0.2) is 29.0 Å². The lowest BCUT2D eigenvalue weighted by Crippen LogP contribution is -2.50. The summed E-state index contributed by atoms with van der Waals surface area (Å²) in [4.78, 5) is 0. The first kappa shape index (κ1) is 16.9. The van der Waals surface area contributed by atoms with Crippen molar-refractivity contribution in [3.05, 3.63) is 35.1 Å². The first-order valence-electron chi connectivity index (χ1n) is 6.10. The molecule has 114 valence electrons. The third-order valence-electron chi connectivity index (χ3n) is 3.23. The highest BCUT2D eigenvalue weighted by atomic mass is 19.4. The van der Waals surface area contributed by atoms with Crippen LogP contribution in [-0.2, 0) is 12.7 Å². The predicted octanol–water partition coefficient (Wildman–Crippen LogP) is 2.07. The number of aliphatic hydroxyl groups is 2. The molecular formula is C13H17F4NO2. The van der Waals surface area contributed by atoms with Gasteiger partial charge in [0.1, 0.15) is 5.82 Å². The van der Waals surface area contributed by atoms with Crippen molar-refractivity contribution >= 4 is 0 Å². The Morgan fingerprint density at radius 1 is 1.10 bits per heavy atom. The molecule has 20 heavy (non-hydrogen) atoms. The van der Waals surface area contributed by atoms with E-state index in [-0.39, 0.29) is 25.3 Å². The fourth-order valence-electron chi connectivity index (χ4n) is 1.72. The molecule has 0 spiro atoms. The summed E-state index contributed by atoms with van der Waals surface area (Å²) in [6.07, 6.45) is -4.24. The third kappa shape index (κ3) is 4.16. The van der Waals surface area contributed by atoms with E-state index >= 15 is 0 Å². The zero-order valence-corrected chi connectivity index (χ0v) is 11.0. The monoisotopic (exact) mass is 295 g/mol. The first-order chi connectivity index (χ1) is 9.26. The average molecular weight is 295 g/mol. The largest absolute Gasteiger partial charge is 0.416 e. The van der Waals surface area contributed by atoms with Gasteiger partial charge in [-0.25, -0.2) is 4.39 Å². The van der Waals surface area contributed by atoms with Gasteiger partial charge in [0.05, 0.1) is 24.3 Å². The molecule has 0 amide bonds. The van der Waals surface area contributed by atoms with Crippen LogP contribution in [0.1, 0.15) is 24.5 Å². The van der Waals surface area contributed by atoms with Crippen molar-refractivity contribution in [3.63, 3.8) is 0 Å². The van der Waals surface area contributed by atoms with Gasteiger partial charge in [-0.2, -0.15) is 13.2 Å². The van der Waals surface area contributed by atoms with Gasteiger partial charge in [0.15, 0.2) is 0 Å². The van der Waals surface area contributed by atoms with Gasteiger partial charge in [-0.15, -0.1) is 0 Å². The SMILES string of the molecule is CCC(CO)(CO)NCc1cc(F)cc(C(F)(F)F)c1. The summed E-state index contributed by atoms with van der Waals surface area (Å²) in [6, 6.07) is 2.25. The molecule has 0 aliphatic carbocycles. The van der Waals surface area contributed by atoms with Gasteiger partial charge < -0.3 is 15.5 Å². The summed E-state index contributed by atoms with van der Waals surface area (Å²) in [6.45, 7) is 0.880. The molecule has 1 aromatic carbocycles. The molecule has 0 unspecified atom stereocenters. The maximum atomic E-state index is 13.2. The van der Waals surface area contributed by atoms with Gasteiger partial charge in [0, 0.05) is 6.54 Å². The standard InChI is InChI=1S/C13H17F4NO2/c1-2-12(7-19,8-20)18-6-9-3-10(13(15,16)17)5-11(14)4-9/h3-5,18-20H,2,6-8H2,1H3. The second-order valence-electron chi connectivity index (χ2n) is 4.65. The molecule has 0 saturated heterocycles. The Morgan fingerprint density at radius 2 is 1.70 bits per heavy atom. The van der Waals surface area contributed by atoms with E-state index in [4.69, 9.17) is 0 Å². The van der Waals surface area contributed by atoms with Crippen LogP contribution in [0, 0.1) is 5.82 Å². The second-order valence-corrected chi connectivity index (χ2v) is 4.65. The molecule has 0 aliphatic rings. The van der Waals surface area contributed by atoms with Crippen LogP contribution in [0.4, 0.5) is 17.6 Å². The summed E-state index contributed by atoms with van der Waals surface area (Å²) in [5.74, 6) is -0.980. The summed E-state index contributed by atoms with van der Waals surface area (Å²) in [5, 5.41) is 21.2. The van der Waals surface area contributed by atoms with E-state index in [0.29, 0.717) is 12.5 Å². The van der Waals surface area contributed by atoms with Crippen LogP contribution in [0.2, 0.25) is 0 Å². The normalized spacial score (nSPS) is 12.8. The van der Waals surface area contributed by atoms with Crippen molar-refractivity contribution < 1.29 is 27.8 Å². The third-order valence-corrected chi connectivity index (χ3v) is 3.23. The Morgan fingerprint density at radius 3 is 2.15 bits per heavy atom. The Labute approximate surface area is 114 Å². The molecule has 3 nitrogen and oxygen atoms in total. The number of rotatable bonds is 6. The molecule has 0 aliphatic heterocycles. The molecule has 0 saturated carbocycles. The van der Waals surface area contributed by atoms with Gasteiger partial charge in [-0.3, -0.25) is 0 Å². The fourth-order valence-corrected chi connectivity index (χ4v) is 1.72. The number of halogens is 4. The van der Waals surface area contributed by atoms with Crippen molar-refractivity contribution in [1.82, 2.24) is 5.32 Å². The van der Waals surface area contributed by atoms with Gasteiger partial charge >= 0.3 is 6.18 Å². The van der Waals surface area contributed by atoms with E-state index in [1.54, 1.807) is 6.92 Å². The van der Waals surface area contributed by atoms with Crippen molar-refractivity contribution in [2.24, 2.45) is 0 Å². The highest BCUT2D eigenvalue weighted by Crippen LogP contribution is 2.30. The summed E-state index contributed by atoms with van der Waals surface area (Å²) >= 11 is 0. The van der Waals surface area contributed by atoms with Crippen molar-refractivity contribution in [3.8, 4) is 0 Å². The van der Waals surface area contributed by atoms with Gasteiger partial charge in [0.25, 0.3) is 0 Å². The number of benzene rings is 1. The molecule has 0 atom stereocenters. The molecular weight excluding hydrogens is 278 g/mol. The van der Waals surface area contributed by atoms with E-state index in [2.05, 4.69) is 5.32 Å². The number of aliphatic hydroxyl groups excluding tert-OH is 2. The van der Waals surface area contributed by atoms with Crippen molar-refractivity contribution in [1.29, 1.82) is 0 Å². The molecule has 1 aromatic rings. The van der Waals surface area contributed by atoms with E-state index in [0.717, 1.165) is 12.1 Å². The molecule has 0 aromatic heterocycles. The first-order valence-corrected chi connectivity index (χ1v) is 6.10. The van der Waals surface area contributed by atoms with Crippen LogP contribution in [0.15, 0.2) is 18.2 Å². The smallest absolute Gasteiger partial charge is 0.394 e. The summed E-state index contributed by atoms with van der Waals surface area (Å²) in [5.41, 5.74) is -1.97. The quantitative estimate of drug-likeness (QED) is 0.704. The predicted molar refractivity (Wildman–Crippen MR) is 65.4 cm³/mol. The zero-order valence-electron chi connectivity index (χ0n) is 11.0. The van der Waals surface area contributed by atoms with E-state index < -0.39 is 23.1 Å². The molecule has 0 heterocycles. The number of hydrogen-bond acceptors (Lipinski definition) is 3. The van der Waals surface area contributed by atoms with Crippen LogP contribution in [0.25, 0.3) is 0 Å². The molecule has 0 bridgehead atoms. The minimum atomic E-state index is -4.62. The average Bonchev–Trinajstić information content (AvgIpc) is 2.39. The topological polar surface area (TPSA) is 52.5 Å². The lowest BCUT2D eigenvalue weighted by Gasteiger charge is -2.30. The van der Waals surface area contributed by atoms with E-state index in [1.165, 1.54) is 0 Å². The van der Waals surface area contributed by atoms with Crippen LogP contribution < -0.4 is 5.32 Å². The Bertz CT molecular complexity index is 436.